The molecule has 2 aliphatic rings. The Kier molecular flexibility index (Phi) is 5.37. The van der Waals surface area contributed by atoms with Gasteiger partial charge in [0, 0.05) is 12.8 Å². The molecule has 3 atom stereocenters. The molecule has 1 spiro atoms. The van der Waals surface area contributed by atoms with Crippen LogP contribution in [0.25, 0.3) is 0 Å². The lowest BCUT2D eigenvalue weighted by molar-refractivity contribution is -0.168. The monoisotopic (exact) mass is 324 g/mol. The fourth-order valence-electron chi connectivity index (χ4n) is 3.62. The van der Waals surface area contributed by atoms with Crippen LogP contribution in [0.3, 0.4) is 0 Å². The highest BCUT2D eigenvalue weighted by Gasteiger charge is 2.51. The number of ether oxygens (including phenoxy) is 2. The summed E-state index contributed by atoms with van der Waals surface area (Å²) in [7, 11) is 0. The van der Waals surface area contributed by atoms with Gasteiger partial charge in [-0.15, -0.1) is 0 Å². The molecule has 0 aromatic heterocycles. The summed E-state index contributed by atoms with van der Waals surface area (Å²) in [5, 5.41) is 0. The average molecular weight is 324 g/mol. The van der Waals surface area contributed by atoms with E-state index in [2.05, 4.69) is 38.1 Å². The van der Waals surface area contributed by atoms with Crippen LogP contribution < -0.4 is 0 Å². The molecule has 0 radical (unpaired) electrons. The number of hydrogen-bond acceptors (Lipinski definition) is 2. The van der Waals surface area contributed by atoms with Crippen molar-refractivity contribution in [2.75, 3.05) is 6.61 Å². The zero-order valence-corrected chi connectivity index (χ0v) is 14.8. The van der Waals surface area contributed by atoms with Crippen molar-refractivity contribution in [3.05, 3.63) is 72.3 Å². The van der Waals surface area contributed by atoms with Crippen molar-refractivity contribution in [2.45, 2.75) is 51.4 Å². The van der Waals surface area contributed by atoms with Gasteiger partial charge in [-0.05, 0) is 17.4 Å². The van der Waals surface area contributed by atoms with Crippen molar-refractivity contribution in [1.82, 2.24) is 0 Å². The minimum atomic E-state index is -0.300. The minimum absolute atomic E-state index is 0.116. The lowest BCUT2D eigenvalue weighted by Crippen LogP contribution is -2.28. The Bertz CT molecular complexity index is 586. The molecular weight excluding hydrogens is 296 g/mol. The molecule has 24 heavy (non-hydrogen) atoms. The number of rotatable bonds is 2. The van der Waals surface area contributed by atoms with Crippen LogP contribution in [-0.2, 0) is 9.47 Å². The molecular formula is C22H28O2. The second-order valence-corrected chi connectivity index (χ2v) is 7.23. The van der Waals surface area contributed by atoms with Gasteiger partial charge in [-0.1, -0.05) is 87.0 Å². The Labute approximate surface area is 145 Å². The Morgan fingerprint density at radius 1 is 0.917 bits per heavy atom. The largest absolute Gasteiger partial charge is 0.347 e. The van der Waals surface area contributed by atoms with Crippen LogP contribution >= 0.6 is 0 Å². The topological polar surface area (TPSA) is 18.5 Å². The molecule has 0 N–H and O–H groups in total. The quantitative estimate of drug-likeness (QED) is 0.699. The number of benzene rings is 2. The summed E-state index contributed by atoms with van der Waals surface area (Å²) in [5.74, 6) is -0.300. The van der Waals surface area contributed by atoms with E-state index in [0.29, 0.717) is 12.0 Å². The van der Waals surface area contributed by atoms with Gasteiger partial charge in [-0.2, -0.15) is 0 Å². The second kappa shape index (κ2) is 7.50. The van der Waals surface area contributed by atoms with E-state index in [9.17, 15) is 0 Å². The van der Waals surface area contributed by atoms with Crippen LogP contribution in [0.5, 0.6) is 0 Å². The molecule has 2 aromatic rings. The summed E-state index contributed by atoms with van der Waals surface area (Å²) in [5.41, 5.74) is 1.63. The normalized spacial score (nSPS) is 31.7. The zero-order chi connectivity index (χ0) is 16.9. The van der Waals surface area contributed by atoms with E-state index in [4.69, 9.17) is 9.47 Å². The van der Waals surface area contributed by atoms with Crippen LogP contribution in [0, 0.1) is 5.41 Å². The van der Waals surface area contributed by atoms with Gasteiger partial charge in [0.05, 0.1) is 6.61 Å². The predicted octanol–water partition coefficient (Wildman–Crippen LogP) is 5.76. The Hall–Kier alpha value is -1.64. The first-order valence-corrected chi connectivity index (χ1v) is 9.02. The Morgan fingerprint density at radius 3 is 2.04 bits per heavy atom. The smallest absolute Gasteiger partial charge is 0.169 e. The van der Waals surface area contributed by atoms with E-state index >= 15 is 0 Å². The van der Waals surface area contributed by atoms with Crippen LogP contribution in [0.2, 0.25) is 0 Å². The maximum Gasteiger partial charge on any atom is 0.169 e. The van der Waals surface area contributed by atoms with Gasteiger partial charge in [0.15, 0.2) is 5.79 Å². The molecule has 2 fully saturated rings. The second-order valence-electron chi connectivity index (χ2n) is 7.23. The molecule has 3 unspecified atom stereocenters. The van der Waals surface area contributed by atoms with Crippen LogP contribution in [0.1, 0.15) is 51.2 Å². The molecule has 1 saturated heterocycles. The first-order valence-electron chi connectivity index (χ1n) is 9.02. The lowest BCUT2D eigenvalue weighted by atomic mass is 9.86. The molecule has 2 heteroatoms. The molecule has 128 valence electrons. The fourth-order valence-corrected chi connectivity index (χ4v) is 3.62. The first kappa shape index (κ1) is 17.2. The number of hydrogen-bond donors (Lipinski definition) is 0. The third kappa shape index (κ3) is 4.06. The molecule has 1 aliphatic heterocycles. The highest BCUT2D eigenvalue weighted by Crippen LogP contribution is 2.52. The van der Waals surface area contributed by atoms with Crippen LogP contribution in [0.4, 0.5) is 0 Å². The minimum Gasteiger partial charge on any atom is -0.347 e. The molecule has 1 aliphatic carbocycles. The van der Waals surface area contributed by atoms with E-state index in [-0.39, 0.29) is 11.9 Å². The maximum absolute atomic E-state index is 6.27. The summed E-state index contributed by atoms with van der Waals surface area (Å²) in [4.78, 5) is 0. The molecule has 2 nitrogen and oxygen atoms in total. The molecule has 2 aromatic carbocycles. The van der Waals surface area contributed by atoms with E-state index < -0.39 is 0 Å². The van der Waals surface area contributed by atoms with Crippen LogP contribution in [-0.4, -0.2) is 12.4 Å². The van der Waals surface area contributed by atoms with Crippen molar-refractivity contribution in [3.63, 3.8) is 0 Å². The van der Waals surface area contributed by atoms with Gasteiger partial charge in [-0.25, -0.2) is 0 Å². The summed E-state index contributed by atoms with van der Waals surface area (Å²) in [6.45, 7) is 5.32. The van der Waals surface area contributed by atoms with Crippen molar-refractivity contribution in [3.8, 4) is 0 Å². The zero-order valence-electron chi connectivity index (χ0n) is 14.8. The summed E-state index contributed by atoms with van der Waals surface area (Å²) in [6.07, 6.45) is 4.62. The maximum atomic E-state index is 6.27. The first-order chi connectivity index (χ1) is 11.6. The summed E-state index contributed by atoms with van der Waals surface area (Å²) < 4.78 is 12.3. The molecule has 1 heterocycles. The van der Waals surface area contributed by atoms with Crippen molar-refractivity contribution < 1.29 is 9.47 Å². The van der Waals surface area contributed by atoms with Crippen molar-refractivity contribution >= 4 is 0 Å². The highest BCUT2D eigenvalue weighted by atomic mass is 16.7. The van der Waals surface area contributed by atoms with Crippen LogP contribution in [0.15, 0.2) is 66.7 Å². The molecule has 0 amide bonds. The Balaban J connectivity index is 0.000000238. The van der Waals surface area contributed by atoms with E-state index in [0.717, 1.165) is 12.8 Å². The average Bonchev–Trinajstić information content (AvgIpc) is 3.22. The lowest BCUT2D eigenvalue weighted by Gasteiger charge is -2.26. The van der Waals surface area contributed by atoms with E-state index in [1.807, 2.05) is 42.5 Å². The highest BCUT2D eigenvalue weighted by molar-refractivity contribution is 5.18. The summed E-state index contributed by atoms with van der Waals surface area (Å²) >= 11 is 0. The molecule has 0 bridgehead atoms. The van der Waals surface area contributed by atoms with Gasteiger partial charge >= 0.3 is 0 Å². The van der Waals surface area contributed by atoms with Crippen molar-refractivity contribution in [1.29, 1.82) is 0 Å². The van der Waals surface area contributed by atoms with Gasteiger partial charge < -0.3 is 9.47 Å². The SMILES string of the molecule is CCC1(C)CCC2(C1)OCC(c1ccccc1)O2.c1ccccc1. The van der Waals surface area contributed by atoms with Gasteiger partial charge in [0.1, 0.15) is 6.10 Å². The van der Waals surface area contributed by atoms with Gasteiger partial charge in [0.2, 0.25) is 0 Å². The summed E-state index contributed by atoms with van der Waals surface area (Å²) in [6, 6.07) is 22.4. The van der Waals surface area contributed by atoms with E-state index in [1.165, 1.54) is 18.4 Å². The molecule has 4 rings (SSSR count). The predicted molar refractivity (Wildman–Crippen MR) is 97.6 cm³/mol. The standard InChI is InChI=1S/C16H22O2.C6H6/c1-3-15(2)9-10-16(12-15)17-11-14(18-16)13-7-5-4-6-8-13;1-2-4-6-5-3-1/h4-8,14H,3,9-12H2,1-2H3;1-6H. The fraction of sp³-hybridized carbons (Fsp3) is 0.455. The van der Waals surface area contributed by atoms with E-state index in [1.54, 1.807) is 0 Å². The third-order valence-corrected chi connectivity index (χ3v) is 5.35. The Morgan fingerprint density at radius 2 is 1.50 bits per heavy atom. The third-order valence-electron chi connectivity index (χ3n) is 5.35. The van der Waals surface area contributed by atoms with Crippen molar-refractivity contribution in [2.24, 2.45) is 5.41 Å². The van der Waals surface area contributed by atoms with Gasteiger partial charge in [0.25, 0.3) is 0 Å². The molecule has 1 saturated carbocycles. The van der Waals surface area contributed by atoms with Gasteiger partial charge in [-0.3, -0.25) is 0 Å².